The summed E-state index contributed by atoms with van der Waals surface area (Å²) in [5.41, 5.74) is -0.199. The second kappa shape index (κ2) is 4.98. The fraction of sp³-hybridized carbons (Fsp3) is 0.0625. The summed E-state index contributed by atoms with van der Waals surface area (Å²) >= 11 is 0. The van der Waals surface area contributed by atoms with Gasteiger partial charge in [-0.05, 0) is 36.4 Å². The van der Waals surface area contributed by atoms with Gasteiger partial charge in [0.1, 0.15) is 12.1 Å². The van der Waals surface area contributed by atoms with Gasteiger partial charge in [0, 0.05) is 10.9 Å². The van der Waals surface area contributed by atoms with E-state index in [2.05, 4.69) is 15.1 Å². The van der Waals surface area contributed by atoms with E-state index >= 15 is 0 Å². The number of hydrogen-bond acceptors (Lipinski definition) is 3. The molecule has 0 saturated heterocycles. The van der Waals surface area contributed by atoms with Gasteiger partial charge in [-0.25, -0.2) is 18.9 Å². The van der Waals surface area contributed by atoms with Crippen LogP contribution in [0.2, 0.25) is 0 Å². The van der Waals surface area contributed by atoms with Crippen molar-refractivity contribution >= 4 is 16.6 Å². The van der Waals surface area contributed by atoms with Crippen LogP contribution >= 0.6 is 0 Å². The van der Waals surface area contributed by atoms with E-state index in [9.17, 15) is 17.6 Å². The molecule has 4 aromatic rings. The minimum atomic E-state index is -4.51. The molecule has 0 amide bonds. The van der Waals surface area contributed by atoms with Crippen LogP contribution in [0, 0.1) is 5.82 Å². The van der Waals surface area contributed by atoms with E-state index in [0.717, 1.165) is 6.07 Å². The molecule has 0 bridgehead atoms. The van der Waals surface area contributed by atoms with Crippen molar-refractivity contribution in [2.24, 2.45) is 0 Å². The molecule has 0 unspecified atom stereocenters. The predicted molar refractivity (Wildman–Crippen MR) is 78.7 cm³/mol. The van der Waals surface area contributed by atoms with Gasteiger partial charge in [0.15, 0.2) is 11.5 Å². The van der Waals surface area contributed by atoms with Crippen molar-refractivity contribution in [1.29, 1.82) is 0 Å². The van der Waals surface area contributed by atoms with Crippen LogP contribution in [0.3, 0.4) is 0 Å². The van der Waals surface area contributed by atoms with Crippen LogP contribution in [0.15, 0.2) is 48.8 Å². The standard InChI is InChI=1S/C16H8F4N4/c17-10-6-4-9(5-7-10)14-22-15-11-2-1-3-12(16(18,19)20)13(11)21-8-24(15)23-14/h1-8H. The molecule has 2 aromatic heterocycles. The summed E-state index contributed by atoms with van der Waals surface area (Å²) in [6, 6.07) is 9.32. The third kappa shape index (κ3) is 2.27. The van der Waals surface area contributed by atoms with Crippen molar-refractivity contribution in [3.05, 3.63) is 60.2 Å². The summed E-state index contributed by atoms with van der Waals surface area (Å²) in [5, 5.41) is 4.44. The van der Waals surface area contributed by atoms with Crippen molar-refractivity contribution in [3.63, 3.8) is 0 Å². The van der Waals surface area contributed by atoms with Gasteiger partial charge in [0.05, 0.1) is 11.1 Å². The Morgan fingerprint density at radius 2 is 1.71 bits per heavy atom. The number of hydrogen-bond donors (Lipinski definition) is 0. The largest absolute Gasteiger partial charge is 0.418 e. The quantitative estimate of drug-likeness (QED) is 0.493. The zero-order chi connectivity index (χ0) is 16.9. The lowest BCUT2D eigenvalue weighted by Crippen LogP contribution is -2.07. The molecule has 0 aliphatic heterocycles. The number of para-hydroxylation sites is 1. The van der Waals surface area contributed by atoms with Crippen molar-refractivity contribution in [2.75, 3.05) is 0 Å². The predicted octanol–water partition coefficient (Wildman–Crippen LogP) is 4.10. The molecule has 120 valence electrons. The molecule has 0 N–H and O–H groups in total. The monoisotopic (exact) mass is 332 g/mol. The number of benzene rings is 2. The highest BCUT2D eigenvalue weighted by Crippen LogP contribution is 2.34. The van der Waals surface area contributed by atoms with E-state index in [0.29, 0.717) is 5.56 Å². The van der Waals surface area contributed by atoms with Crippen molar-refractivity contribution in [2.45, 2.75) is 6.18 Å². The van der Waals surface area contributed by atoms with Crippen LogP contribution in [0.4, 0.5) is 17.6 Å². The van der Waals surface area contributed by atoms with Gasteiger partial charge in [-0.3, -0.25) is 0 Å². The summed E-state index contributed by atoms with van der Waals surface area (Å²) in [4.78, 5) is 8.16. The van der Waals surface area contributed by atoms with Gasteiger partial charge in [0.2, 0.25) is 0 Å². The fourth-order valence-electron chi connectivity index (χ4n) is 2.51. The molecule has 0 saturated carbocycles. The lowest BCUT2D eigenvalue weighted by molar-refractivity contribution is -0.136. The van der Waals surface area contributed by atoms with Crippen molar-refractivity contribution < 1.29 is 17.6 Å². The highest BCUT2D eigenvalue weighted by atomic mass is 19.4. The maximum Gasteiger partial charge on any atom is 0.418 e. The maximum atomic E-state index is 13.1. The zero-order valence-electron chi connectivity index (χ0n) is 11.9. The first kappa shape index (κ1) is 14.6. The normalized spacial score (nSPS) is 12.2. The molecular formula is C16H8F4N4. The molecule has 24 heavy (non-hydrogen) atoms. The third-order valence-corrected chi connectivity index (χ3v) is 3.61. The molecule has 4 nitrogen and oxygen atoms in total. The lowest BCUT2D eigenvalue weighted by atomic mass is 10.1. The van der Waals surface area contributed by atoms with E-state index < -0.39 is 17.6 Å². The van der Waals surface area contributed by atoms with Crippen LogP contribution in [0.1, 0.15) is 5.56 Å². The topological polar surface area (TPSA) is 43.1 Å². The first-order valence-corrected chi connectivity index (χ1v) is 6.91. The summed E-state index contributed by atoms with van der Waals surface area (Å²) in [5.74, 6) is -0.119. The molecule has 2 aromatic carbocycles. The molecule has 0 aliphatic carbocycles. The van der Waals surface area contributed by atoms with Gasteiger partial charge in [-0.1, -0.05) is 6.07 Å². The molecule has 4 rings (SSSR count). The number of nitrogens with zero attached hydrogens (tertiary/aromatic N) is 4. The summed E-state index contributed by atoms with van der Waals surface area (Å²) in [6.45, 7) is 0. The molecule has 0 aliphatic rings. The number of rotatable bonds is 1. The molecular weight excluding hydrogens is 324 g/mol. The summed E-state index contributed by atoms with van der Waals surface area (Å²) < 4.78 is 53.6. The first-order chi connectivity index (χ1) is 11.4. The lowest BCUT2D eigenvalue weighted by Gasteiger charge is -2.09. The highest BCUT2D eigenvalue weighted by molar-refractivity contribution is 5.93. The second-order valence-electron chi connectivity index (χ2n) is 5.15. The Morgan fingerprint density at radius 1 is 0.958 bits per heavy atom. The van der Waals surface area contributed by atoms with Crippen LogP contribution in [-0.4, -0.2) is 19.6 Å². The molecule has 0 spiro atoms. The average molecular weight is 332 g/mol. The summed E-state index contributed by atoms with van der Waals surface area (Å²) in [7, 11) is 0. The van der Waals surface area contributed by atoms with Crippen LogP contribution in [0.25, 0.3) is 27.9 Å². The Balaban J connectivity index is 1.97. The molecule has 0 atom stereocenters. The van der Waals surface area contributed by atoms with Gasteiger partial charge in [-0.15, -0.1) is 5.10 Å². The fourth-order valence-corrected chi connectivity index (χ4v) is 2.51. The number of alkyl halides is 3. The Bertz CT molecular complexity index is 1050. The Morgan fingerprint density at radius 3 is 2.42 bits per heavy atom. The van der Waals surface area contributed by atoms with E-state index in [1.54, 1.807) is 0 Å². The van der Waals surface area contributed by atoms with Gasteiger partial charge in [0.25, 0.3) is 0 Å². The Kier molecular flexibility index (Phi) is 3.02. The third-order valence-electron chi connectivity index (χ3n) is 3.61. The first-order valence-electron chi connectivity index (χ1n) is 6.91. The number of fused-ring (bicyclic) bond motifs is 3. The molecule has 0 fully saturated rings. The smallest absolute Gasteiger partial charge is 0.235 e. The van der Waals surface area contributed by atoms with Crippen LogP contribution in [-0.2, 0) is 6.18 Å². The highest BCUT2D eigenvalue weighted by Gasteiger charge is 2.33. The average Bonchev–Trinajstić information content (AvgIpc) is 2.98. The van der Waals surface area contributed by atoms with Crippen LogP contribution in [0.5, 0.6) is 0 Å². The molecule has 8 heteroatoms. The van der Waals surface area contributed by atoms with E-state index in [-0.39, 0.29) is 22.4 Å². The number of halogens is 4. The zero-order valence-corrected chi connectivity index (χ0v) is 11.9. The van der Waals surface area contributed by atoms with E-state index in [1.807, 2.05) is 0 Å². The van der Waals surface area contributed by atoms with Gasteiger partial charge < -0.3 is 0 Å². The molecule has 2 heterocycles. The van der Waals surface area contributed by atoms with E-state index in [1.165, 1.54) is 47.2 Å². The number of aromatic nitrogens is 4. The Labute approximate surface area is 132 Å². The van der Waals surface area contributed by atoms with E-state index in [4.69, 9.17) is 0 Å². The van der Waals surface area contributed by atoms with Crippen molar-refractivity contribution in [1.82, 2.24) is 19.6 Å². The Hall–Kier alpha value is -3.03. The minimum Gasteiger partial charge on any atom is -0.235 e. The SMILES string of the molecule is Fc1ccc(-c2nc3c4cccc(C(F)(F)F)c4ncn3n2)cc1. The minimum absolute atomic E-state index is 0.185. The van der Waals surface area contributed by atoms with Crippen LogP contribution < -0.4 is 0 Å². The van der Waals surface area contributed by atoms with Gasteiger partial charge >= 0.3 is 6.18 Å². The molecule has 0 radical (unpaired) electrons. The van der Waals surface area contributed by atoms with Crippen molar-refractivity contribution in [3.8, 4) is 11.4 Å². The maximum absolute atomic E-state index is 13.1. The van der Waals surface area contributed by atoms with Gasteiger partial charge in [-0.2, -0.15) is 13.2 Å². The second-order valence-corrected chi connectivity index (χ2v) is 5.15. The summed E-state index contributed by atoms with van der Waals surface area (Å²) in [6.07, 6.45) is -3.32.